The molecule has 0 N–H and O–H groups in total. The second-order valence-electron chi connectivity index (χ2n) is 17.4. The first-order chi connectivity index (χ1) is 33.7. The maximum atomic E-state index is 5.33. The van der Waals surface area contributed by atoms with Crippen molar-refractivity contribution in [3.63, 3.8) is 0 Å². The first kappa shape index (κ1) is 39.3. The fourth-order valence-corrected chi connectivity index (χ4v) is 10.2. The molecule has 68 heavy (non-hydrogen) atoms. The van der Waals surface area contributed by atoms with Gasteiger partial charge in [0.25, 0.3) is 0 Å². The maximum absolute atomic E-state index is 5.33. The molecule has 0 bridgehead atoms. The Bertz CT molecular complexity index is 3710. The number of fused-ring (bicyclic) bond motifs is 4. The molecule has 4 heteroatoms. The van der Waals surface area contributed by atoms with E-state index < -0.39 is 0 Å². The normalized spacial score (nSPS) is 11.5. The van der Waals surface area contributed by atoms with Crippen LogP contribution in [0.4, 0.5) is 0 Å². The van der Waals surface area contributed by atoms with Crippen molar-refractivity contribution in [2.45, 2.75) is 0 Å². The summed E-state index contributed by atoms with van der Waals surface area (Å²) < 4.78 is 4.69. The van der Waals surface area contributed by atoms with Gasteiger partial charge in [-0.3, -0.25) is 9.13 Å². The van der Waals surface area contributed by atoms with Crippen LogP contribution in [0.1, 0.15) is 0 Å². The fraction of sp³-hybridized carbons (Fsp3) is 0. The highest BCUT2D eigenvalue weighted by molar-refractivity contribution is 6.22. The van der Waals surface area contributed by atoms with Gasteiger partial charge in [-0.05, 0) is 115 Å². The minimum Gasteiger partial charge on any atom is -0.292 e. The van der Waals surface area contributed by atoms with E-state index in [1.54, 1.807) is 0 Å². The first-order valence-electron chi connectivity index (χ1n) is 23.2. The average molecular weight is 867 g/mol. The Morgan fingerprint density at radius 1 is 0.235 bits per heavy atom. The zero-order chi connectivity index (χ0) is 45.0. The predicted octanol–water partition coefficient (Wildman–Crippen LogP) is 16.7. The van der Waals surface area contributed by atoms with Crippen molar-refractivity contribution < 1.29 is 0 Å². The van der Waals surface area contributed by atoms with E-state index in [9.17, 15) is 0 Å². The Labute approximate surface area is 394 Å². The molecule has 0 atom stereocenters. The molecule has 0 aliphatic rings. The summed E-state index contributed by atoms with van der Waals surface area (Å²) >= 11 is 0. The van der Waals surface area contributed by atoms with E-state index in [4.69, 9.17) is 9.97 Å². The number of aromatic nitrogens is 4. The predicted molar refractivity (Wildman–Crippen MR) is 283 cm³/mol. The molecule has 0 saturated carbocycles. The Kier molecular flexibility index (Phi) is 9.47. The van der Waals surface area contributed by atoms with Gasteiger partial charge in [-0.15, -0.1) is 0 Å². The topological polar surface area (TPSA) is 35.6 Å². The molecular weight excluding hydrogens is 825 g/mol. The quantitative estimate of drug-likeness (QED) is 0.143. The monoisotopic (exact) mass is 866 g/mol. The summed E-state index contributed by atoms with van der Waals surface area (Å²) in [6.07, 6.45) is 0. The fourth-order valence-electron chi connectivity index (χ4n) is 10.2. The molecule has 13 rings (SSSR count). The number of nitrogens with zero attached hydrogens (tertiary/aromatic N) is 4. The largest absolute Gasteiger partial charge is 0.292 e. The number of hydrogen-bond donors (Lipinski definition) is 0. The van der Waals surface area contributed by atoms with Gasteiger partial charge in [0.15, 0.2) is 0 Å². The van der Waals surface area contributed by atoms with E-state index in [1.807, 2.05) is 0 Å². The highest BCUT2D eigenvalue weighted by atomic mass is 15.1. The molecule has 0 aliphatic carbocycles. The van der Waals surface area contributed by atoms with E-state index in [0.29, 0.717) is 0 Å². The lowest BCUT2D eigenvalue weighted by molar-refractivity contribution is 1.11. The first-order valence-corrected chi connectivity index (χ1v) is 23.2. The van der Waals surface area contributed by atoms with Gasteiger partial charge in [-0.2, -0.15) is 0 Å². The van der Waals surface area contributed by atoms with Crippen molar-refractivity contribution in [2.75, 3.05) is 0 Å². The molecule has 0 radical (unpaired) electrons. The van der Waals surface area contributed by atoms with Gasteiger partial charge in [-0.25, -0.2) is 9.97 Å². The number of imidazole rings is 2. The standard InChI is InChI=1S/C64H42N4/c1-7-19-43(20-8-1)49-31-37-57-59(39-49)67(63(65-57)47-27-15-5-16-28-47)51-33-35-53-55(41-51)61(45-23-11-3-12-24-45)54-36-34-52(42-56(54)62(53)46-25-13-4-14-26-46)68-60-40-50(44-21-9-2-10-22-44)32-38-58(60)66-64(68)48-29-17-6-18-30-48/h1-42H. The second-order valence-corrected chi connectivity index (χ2v) is 17.4. The number of hydrogen-bond acceptors (Lipinski definition) is 2. The van der Waals surface area contributed by atoms with E-state index in [1.165, 1.54) is 43.8 Å². The molecule has 318 valence electrons. The van der Waals surface area contributed by atoms with Gasteiger partial charge in [-0.1, -0.05) is 206 Å². The van der Waals surface area contributed by atoms with Gasteiger partial charge in [0, 0.05) is 22.5 Å². The van der Waals surface area contributed by atoms with E-state index in [2.05, 4.69) is 264 Å². The van der Waals surface area contributed by atoms with Crippen LogP contribution in [-0.2, 0) is 0 Å². The molecule has 2 aromatic heterocycles. The summed E-state index contributed by atoms with van der Waals surface area (Å²) in [6.45, 7) is 0. The van der Waals surface area contributed by atoms with Crippen LogP contribution in [0.5, 0.6) is 0 Å². The van der Waals surface area contributed by atoms with Gasteiger partial charge in [0.05, 0.1) is 22.1 Å². The maximum Gasteiger partial charge on any atom is 0.145 e. The van der Waals surface area contributed by atoms with Crippen LogP contribution in [0, 0.1) is 0 Å². The lowest BCUT2D eigenvalue weighted by atomic mass is 9.85. The van der Waals surface area contributed by atoms with Crippen LogP contribution >= 0.6 is 0 Å². The van der Waals surface area contributed by atoms with Crippen LogP contribution in [0.25, 0.3) is 122 Å². The summed E-state index contributed by atoms with van der Waals surface area (Å²) in [5.74, 6) is 1.80. The Morgan fingerprint density at radius 2 is 0.559 bits per heavy atom. The summed E-state index contributed by atoms with van der Waals surface area (Å²) in [7, 11) is 0. The van der Waals surface area contributed by atoms with Crippen LogP contribution in [-0.4, -0.2) is 19.1 Å². The third-order valence-electron chi connectivity index (χ3n) is 13.3. The molecule has 11 aromatic carbocycles. The highest BCUT2D eigenvalue weighted by Crippen LogP contribution is 2.46. The highest BCUT2D eigenvalue weighted by Gasteiger charge is 2.23. The van der Waals surface area contributed by atoms with Crippen molar-refractivity contribution in [3.05, 3.63) is 255 Å². The molecule has 2 heterocycles. The zero-order valence-electron chi connectivity index (χ0n) is 37.0. The van der Waals surface area contributed by atoms with Gasteiger partial charge in [0.1, 0.15) is 11.6 Å². The van der Waals surface area contributed by atoms with Gasteiger partial charge < -0.3 is 0 Å². The minimum atomic E-state index is 0.900. The second kappa shape index (κ2) is 16.4. The molecule has 13 aromatic rings. The Hall–Kier alpha value is -9.12. The molecule has 0 fully saturated rings. The van der Waals surface area contributed by atoms with E-state index in [0.717, 1.165) is 78.5 Å². The van der Waals surface area contributed by atoms with Gasteiger partial charge in [0.2, 0.25) is 0 Å². The van der Waals surface area contributed by atoms with Crippen molar-refractivity contribution in [2.24, 2.45) is 0 Å². The molecule has 0 unspecified atom stereocenters. The molecule has 0 spiro atoms. The lowest BCUT2D eigenvalue weighted by Crippen LogP contribution is -2.00. The number of rotatable bonds is 8. The summed E-state index contributed by atoms with van der Waals surface area (Å²) in [6, 6.07) is 91.3. The minimum absolute atomic E-state index is 0.900. The average Bonchev–Trinajstić information content (AvgIpc) is 4.00. The van der Waals surface area contributed by atoms with Crippen molar-refractivity contribution >= 4 is 43.6 Å². The molecule has 4 nitrogen and oxygen atoms in total. The Balaban J connectivity index is 1.11. The molecule has 0 amide bonds. The van der Waals surface area contributed by atoms with E-state index >= 15 is 0 Å². The smallest absolute Gasteiger partial charge is 0.145 e. The van der Waals surface area contributed by atoms with Crippen molar-refractivity contribution in [1.82, 2.24) is 19.1 Å². The van der Waals surface area contributed by atoms with Crippen LogP contribution in [0.15, 0.2) is 255 Å². The van der Waals surface area contributed by atoms with Crippen molar-refractivity contribution in [3.8, 4) is 78.7 Å². The summed E-state index contributed by atoms with van der Waals surface area (Å²) in [5.41, 5.74) is 17.5. The Morgan fingerprint density at radius 3 is 0.912 bits per heavy atom. The number of benzene rings is 11. The van der Waals surface area contributed by atoms with Crippen LogP contribution in [0.3, 0.4) is 0 Å². The zero-order valence-corrected chi connectivity index (χ0v) is 37.0. The SMILES string of the molecule is c1ccc(-c2ccc3nc(-c4ccccc4)n(-c4ccc5c(-c6ccccc6)c6cc(-n7c(-c8ccccc8)nc8ccc(-c9ccccc9)cc87)ccc6c(-c6ccccc6)c5c4)c3c2)cc1. The van der Waals surface area contributed by atoms with Gasteiger partial charge >= 0.3 is 0 Å². The summed E-state index contributed by atoms with van der Waals surface area (Å²) in [4.78, 5) is 10.7. The lowest BCUT2D eigenvalue weighted by Gasteiger charge is -2.21. The third-order valence-corrected chi connectivity index (χ3v) is 13.3. The molecule has 0 aliphatic heterocycles. The summed E-state index contributed by atoms with van der Waals surface area (Å²) in [5, 5.41) is 4.67. The van der Waals surface area contributed by atoms with Crippen molar-refractivity contribution in [1.29, 1.82) is 0 Å². The van der Waals surface area contributed by atoms with Crippen LogP contribution < -0.4 is 0 Å². The molecular formula is C64H42N4. The van der Waals surface area contributed by atoms with Crippen LogP contribution in [0.2, 0.25) is 0 Å². The van der Waals surface area contributed by atoms with E-state index in [-0.39, 0.29) is 0 Å². The molecule has 0 saturated heterocycles. The third kappa shape index (κ3) is 6.69.